The molecule has 2 N–H and O–H groups in total. The van der Waals surface area contributed by atoms with Crippen LogP contribution in [0.1, 0.15) is 46.1 Å². The summed E-state index contributed by atoms with van der Waals surface area (Å²) in [4.78, 5) is 20.6. The molecule has 0 radical (unpaired) electrons. The van der Waals surface area contributed by atoms with E-state index in [1.54, 1.807) is 0 Å². The van der Waals surface area contributed by atoms with E-state index in [-0.39, 0.29) is 11.9 Å². The summed E-state index contributed by atoms with van der Waals surface area (Å²) in [5, 5.41) is 9.40. The van der Waals surface area contributed by atoms with Crippen molar-refractivity contribution in [3.63, 3.8) is 0 Å². The predicted octanol–water partition coefficient (Wildman–Crippen LogP) is 1.62. The number of aromatic nitrogens is 4. The van der Waals surface area contributed by atoms with Crippen LogP contribution in [-0.4, -0.2) is 26.1 Å². The topological polar surface area (TPSA) is 83.6 Å². The highest BCUT2D eigenvalue weighted by Crippen LogP contribution is 2.15. The lowest BCUT2D eigenvalue weighted by Gasteiger charge is -2.14. The van der Waals surface area contributed by atoms with Gasteiger partial charge in [-0.3, -0.25) is 14.9 Å². The van der Waals surface area contributed by atoms with Crippen molar-refractivity contribution in [2.24, 2.45) is 0 Å². The highest BCUT2D eigenvalue weighted by atomic mass is 16.1. The smallest absolute Gasteiger partial charge is 0.253 e. The maximum Gasteiger partial charge on any atom is 0.253 e. The van der Waals surface area contributed by atoms with Crippen LogP contribution in [0.2, 0.25) is 0 Å². The number of hydrogen-bond acceptors (Lipinski definition) is 4. The zero-order valence-corrected chi connectivity index (χ0v) is 11.5. The van der Waals surface area contributed by atoms with Crippen molar-refractivity contribution < 1.29 is 4.79 Å². The zero-order valence-electron chi connectivity index (χ0n) is 11.5. The number of aromatic amines is 1. The van der Waals surface area contributed by atoms with Crippen molar-refractivity contribution in [2.45, 2.75) is 33.7 Å². The number of nitrogens with one attached hydrogen (secondary N) is 2. The third-order valence-corrected chi connectivity index (χ3v) is 2.94. The Morgan fingerprint density at radius 2 is 2.11 bits per heavy atom. The molecule has 0 unspecified atom stereocenters. The third kappa shape index (κ3) is 2.78. The fourth-order valence-electron chi connectivity index (χ4n) is 2.13. The highest BCUT2D eigenvalue weighted by Gasteiger charge is 2.17. The first-order chi connectivity index (χ1) is 8.99. The minimum absolute atomic E-state index is 0.147. The first kappa shape index (κ1) is 13.2. The molecule has 0 saturated carbocycles. The molecule has 0 bridgehead atoms. The fraction of sp³-hybridized carbons (Fsp3) is 0.385. The molecule has 0 spiro atoms. The molecule has 0 aliphatic heterocycles. The summed E-state index contributed by atoms with van der Waals surface area (Å²) in [6, 6.07) is 1.68. The number of hydrogen-bond donors (Lipinski definition) is 2. The van der Waals surface area contributed by atoms with Crippen molar-refractivity contribution in [3.05, 3.63) is 40.7 Å². The van der Waals surface area contributed by atoms with Crippen LogP contribution in [0.25, 0.3) is 0 Å². The molecule has 0 fully saturated rings. The molecule has 0 aromatic carbocycles. The van der Waals surface area contributed by atoms with Gasteiger partial charge in [0, 0.05) is 5.69 Å². The minimum Gasteiger partial charge on any atom is -0.342 e. The molecule has 100 valence electrons. The Hall–Kier alpha value is -2.24. The number of aryl methyl sites for hydroxylation is 3. The van der Waals surface area contributed by atoms with E-state index in [1.165, 1.54) is 6.33 Å². The molecule has 19 heavy (non-hydrogen) atoms. The van der Waals surface area contributed by atoms with Crippen LogP contribution in [0.3, 0.4) is 0 Å². The molecule has 0 aliphatic rings. The van der Waals surface area contributed by atoms with Crippen LogP contribution >= 0.6 is 0 Å². The number of rotatable bonds is 3. The largest absolute Gasteiger partial charge is 0.342 e. The number of carbonyl (C=O) groups excluding carboxylic acids is 1. The first-order valence-electron chi connectivity index (χ1n) is 6.10. The Bertz CT molecular complexity index is 568. The van der Waals surface area contributed by atoms with Gasteiger partial charge in [0.2, 0.25) is 0 Å². The van der Waals surface area contributed by atoms with E-state index >= 15 is 0 Å². The maximum atomic E-state index is 12.3. The fourth-order valence-corrected chi connectivity index (χ4v) is 2.13. The maximum absolute atomic E-state index is 12.3. The number of amides is 1. The van der Waals surface area contributed by atoms with Gasteiger partial charge in [-0.25, -0.2) is 4.98 Å². The second kappa shape index (κ2) is 5.17. The number of nitrogens with zero attached hydrogens (tertiary/aromatic N) is 3. The van der Waals surface area contributed by atoms with Crippen LogP contribution in [0.15, 0.2) is 12.4 Å². The van der Waals surface area contributed by atoms with Gasteiger partial charge in [-0.15, -0.1) is 0 Å². The van der Waals surface area contributed by atoms with Crippen molar-refractivity contribution in [1.29, 1.82) is 0 Å². The quantitative estimate of drug-likeness (QED) is 0.877. The SMILES string of the molecule is Cc1cc(C)c(C(=O)N[C@H](C)c2ncn[nH]2)c(C)n1. The average Bonchev–Trinajstić information content (AvgIpc) is 2.80. The first-order valence-corrected chi connectivity index (χ1v) is 6.10. The van der Waals surface area contributed by atoms with Gasteiger partial charge in [-0.05, 0) is 39.3 Å². The number of pyridine rings is 1. The van der Waals surface area contributed by atoms with E-state index < -0.39 is 0 Å². The third-order valence-electron chi connectivity index (χ3n) is 2.94. The molecule has 2 rings (SSSR count). The van der Waals surface area contributed by atoms with Crippen LogP contribution < -0.4 is 5.32 Å². The Balaban J connectivity index is 2.21. The molecule has 2 aromatic rings. The summed E-state index contributed by atoms with van der Waals surface area (Å²) < 4.78 is 0. The van der Waals surface area contributed by atoms with Crippen molar-refractivity contribution in [3.8, 4) is 0 Å². The van der Waals surface area contributed by atoms with E-state index in [2.05, 4.69) is 25.5 Å². The summed E-state index contributed by atoms with van der Waals surface area (Å²) >= 11 is 0. The van der Waals surface area contributed by atoms with Crippen molar-refractivity contribution >= 4 is 5.91 Å². The van der Waals surface area contributed by atoms with Gasteiger partial charge in [-0.2, -0.15) is 5.10 Å². The Morgan fingerprint density at radius 1 is 1.37 bits per heavy atom. The lowest BCUT2D eigenvalue weighted by atomic mass is 10.1. The molecule has 0 aliphatic carbocycles. The van der Waals surface area contributed by atoms with Crippen LogP contribution in [0.4, 0.5) is 0 Å². The predicted molar refractivity (Wildman–Crippen MR) is 70.7 cm³/mol. The summed E-state index contributed by atoms with van der Waals surface area (Å²) in [6.45, 7) is 7.52. The second-order valence-corrected chi connectivity index (χ2v) is 4.61. The summed E-state index contributed by atoms with van der Waals surface area (Å²) in [5.41, 5.74) is 3.19. The van der Waals surface area contributed by atoms with Crippen LogP contribution in [-0.2, 0) is 0 Å². The Morgan fingerprint density at radius 3 is 2.68 bits per heavy atom. The summed E-state index contributed by atoms with van der Waals surface area (Å²) in [7, 11) is 0. The summed E-state index contributed by atoms with van der Waals surface area (Å²) in [6.07, 6.45) is 1.42. The van der Waals surface area contributed by atoms with Gasteiger partial charge in [0.1, 0.15) is 12.2 Å². The lowest BCUT2D eigenvalue weighted by Crippen LogP contribution is -2.29. The van der Waals surface area contributed by atoms with E-state index in [0.29, 0.717) is 11.4 Å². The molecule has 1 atom stereocenters. The van der Waals surface area contributed by atoms with Gasteiger partial charge in [0.25, 0.3) is 5.91 Å². The minimum atomic E-state index is -0.227. The van der Waals surface area contributed by atoms with Gasteiger partial charge in [0.05, 0.1) is 17.3 Å². The second-order valence-electron chi connectivity index (χ2n) is 4.61. The lowest BCUT2D eigenvalue weighted by molar-refractivity contribution is 0.0936. The molecule has 2 aromatic heterocycles. The monoisotopic (exact) mass is 259 g/mol. The molecule has 6 nitrogen and oxygen atoms in total. The normalized spacial score (nSPS) is 12.2. The number of H-pyrrole nitrogens is 1. The molecular weight excluding hydrogens is 242 g/mol. The summed E-state index contributed by atoms with van der Waals surface area (Å²) in [5.74, 6) is 0.482. The van der Waals surface area contributed by atoms with Gasteiger partial charge in [0.15, 0.2) is 0 Å². The molecule has 2 heterocycles. The standard InChI is InChI=1S/C13H17N5O/c1-7-5-8(2)16-9(3)11(7)13(19)17-10(4)12-14-6-15-18-12/h5-6,10H,1-4H3,(H,17,19)(H,14,15,18)/t10-/m1/s1. The van der Waals surface area contributed by atoms with E-state index in [4.69, 9.17) is 0 Å². The average molecular weight is 259 g/mol. The molecule has 1 amide bonds. The molecule has 0 saturated heterocycles. The van der Waals surface area contributed by atoms with E-state index in [9.17, 15) is 4.79 Å². The zero-order chi connectivity index (χ0) is 14.0. The highest BCUT2D eigenvalue weighted by molar-refractivity contribution is 5.96. The van der Waals surface area contributed by atoms with Crippen LogP contribution in [0, 0.1) is 20.8 Å². The van der Waals surface area contributed by atoms with Crippen LogP contribution in [0.5, 0.6) is 0 Å². The van der Waals surface area contributed by atoms with E-state index in [0.717, 1.165) is 17.0 Å². The van der Waals surface area contributed by atoms with Crippen molar-refractivity contribution in [2.75, 3.05) is 0 Å². The Labute approximate surface area is 111 Å². The Kier molecular flexibility index (Phi) is 3.59. The van der Waals surface area contributed by atoms with Gasteiger partial charge < -0.3 is 5.32 Å². The van der Waals surface area contributed by atoms with E-state index in [1.807, 2.05) is 33.8 Å². The molecule has 6 heteroatoms. The number of carbonyl (C=O) groups is 1. The van der Waals surface area contributed by atoms with Gasteiger partial charge >= 0.3 is 0 Å². The van der Waals surface area contributed by atoms with Gasteiger partial charge in [-0.1, -0.05) is 0 Å². The molecular formula is C13H17N5O. The van der Waals surface area contributed by atoms with Crippen molar-refractivity contribution in [1.82, 2.24) is 25.5 Å².